The number of aliphatic carboxylic acids is 1. The van der Waals surface area contributed by atoms with E-state index in [1.807, 2.05) is 29.6 Å². The van der Waals surface area contributed by atoms with Crippen molar-refractivity contribution >= 4 is 52.2 Å². The summed E-state index contributed by atoms with van der Waals surface area (Å²) in [5.41, 5.74) is -1.54. The highest BCUT2D eigenvalue weighted by Crippen LogP contribution is 2.48. The molecule has 6 rings (SSSR count). The van der Waals surface area contributed by atoms with Crippen molar-refractivity contribution in [1.82, 2.24) is 30.8 Å². The summed E-state index contributed by atoms with van der Waals surface area (Å²) < 4.78 is 38.8. The van der Waals surface area contributed by atoms with Gasteiger partial charge in [0, 0.05) is 6.42 Å². The number of halogens is 2. The van der Waals surface area contributed by atoms with Crippen LogP contribution in [0.2, 0.25) is 0 Å². The fourth-order valence-corrected chi connectivity index (χ4v) is 8.31. The van der Waals surface area contributed by atoms with E-state index in [-0.39, 0.29) is 24.8 Å². The summed E-state index contributed by atoms with van der Waals surface area (Å²) in [5, 5.41) is 19.6. The minimum absolute atomic E-state index is 0.145. The minimum Gasteiger partial charge on any atom is -0.479 e. The van der Waals surface area contributed by atoms with E-state index in [0.29, 0.717) is 29.6 Å². The third-order valence-electron chi connectivity index (χ3n) is 10.7. The number of ether oxygens (including phenoxy) is 2. The van der Waals surface area contributed by atoms with Gasteiger partial charge in [-0.3, -0.25) is 14.4 Å². The fourth-order valence-electron chi connectivity index (χ4n) is 7.61. The molecular formula is C38H46F2N6O8S. The van der Waals surface area contributed by atoms with E-state index in [1.54, 1.807) is 32.9 Å². The Bertz CT molecular complexity index is 1920. The average molecular weight is 785 g/mol. The van der Waals surface area contributed by atoms with Crippen molar-refractivity contribution in [2.24, 2.45) is 17.3 Å². The number of benzene rings is 1. The molecule has 2 saturated carbocycles. The molecule has 4 N–H and O–H groups in total. The number of hydrogen-bond acceptors (Lipinski definition) is 10. The van der Waals surface area contributed by atoms with Gasteiger partial charge in [-0.2, -0.15) is 0 Å². The summed E-state index contributed by atoms with van der Waals surface area (Å²) in [6.07, 6.45) is -1.21. The third kappa shape index (κ3) is 8.50. The number of thiophene rings is 1. The van der Waals surface area contributed by atoms with Gasteiger partial charge >= 0.3 is 12.1 Å². The van der Waals surface area contributed by atoms with Gasteiger partial charge in [-0.1, -0.05) is 58.2 Å². The molecule has 1 aliphatic heterocycles. The first-order valence-corrected chi connectivity index (χ1v) is 19.3. The Balaban J connectivity index is 1.32. The molecule has 2 aromatic heterocycles. The number of carbonyl (C=O) groups is 5. The zero-order valence-corrected chi connectivity index (χ0v) is 31.9. The molecule has 4 amide bonds. The minimum atomic E-state index is -2.99. The monoisotopic (exact) mass is 784 g/mol. The Morgan fingerprint density at radius 3 is 2.27 bits per heavy atom. The molecule has 0 radical (unpaired) electrons. The average Bonchev–Trinajstić information content (AvgIpc) is 3.44. The highest BCUT2D eigenvalue weighted by molar-refractivity contribution is 7.13. The molecule has 17 heteroatoms. The van der Waals surface area contributed by atoms with Gasteiger partial charge < -0.3 is 35.4 Å². The van der Waals surface area contributed by atoms with Crippen LogP contribution in [-0.2, 0) is 23.9 Å². The predicted octanol–water partition coefficient (Wildman–Crippen LogP) is 4.77. The van der Waals surface area contributed by atoms with Crippen molar-refractivity contribution in [2.45, 2.75) is 102 Å². The van der Waals surface area contributed by atoms with E-state index < -0.39 is 83.7 Å². The topological polar surface area (TPSA) is 189 Å². The van der Waals surface area contributed by atoms with E-state index in [9.17, 15) is 37.9 Å². The number of likely N-dealkylation sites (tertiary alicyclic amines) is 1. The molecule has 3 aromatic rings. The van der Waals surface area contributed by atoms with Crippen LogP contribution in [0.15, 0.2) is 41.8 Å². The Labute approximate surface area is 320 Å². The van der Waals surface area contributed by atoms with Crippen molar-refractivity contribution in [3.8, 4) is 16.5 Å². The maximum atomic E-state index is 14.7. The summed E-state index contributed by atoms with van der Waals surface area (Å²) in [6, 6.07) is 7.28. The molecule has 296 valence electrons. The lowest BCUT2D eigenvalue weighted by atomic mass is 9.82. The smallest absolute Gasteiger partial charge is 0.407 e. The van der Waals surface area contributed by atoms with Crippen LogP contribution in [0.4, 0.5) is 13.6 Å². The molecule has 14 nitrogen and oxygen atoms in total. The number of amides is 4. The van der Waals surface area contributed by atoms with E-state index in [2.05, 4.69) is 16.0 Å². The lowest BCUT2D eigenvalue weighted by Gasteiger charge is -2.37. The lowest BCUT2D eigenvalue weighted by Crippen LogP contribution is -2.62. The number of alkyl carbamates (subject to hydrolysis) is 1. The van der Waals surface area contributed by atoms with Crippen molar-refractivity contribution in [2.75, 3.05) is 13.7 Å². The zero-order chi connectivity index (χ0) is 39.7. The molecule has 2 aliphatic carbocycles. The third-order valence-corrected chi connectivity index (χ3v) is 11.6. The number of fused-ring (bicyclic) bond motifs is 1. The molecule has 3 heterocycles. The summed E-state index contributed by atoms with van der Waals surface area (Å²) >= 11 is 1.41. The zero-order valence-electron chi connectivity index (χ0n) is 31.1. The largest absolute Gasteiger partial charge is 0.479 e. The summed E-state index contributed by atoms with van der Waals surface area (Å²) in [6.45, 7) is 5.00. The van der Waals surface area contributed by atoms with E-state index >= 15 is 0 Å². The molecule has 3 aliphatic rings. The second-order valence-corrected chi connectivity index (χ2v) is 16.5. The number of nitrogens with zero attached hydrogens (tertiary/aromatic N) is 3. The van der Waals surface area contributed by atoms with Crippen LogP contribution < -0.4 is 20.7 Å². The molecule has 0 spiro atoms. The number of rotatable bonds is 12. The quantitative estimate of drug-likeness (QED) is 0.199. The Morgan fingerprint density at radius 2 is 1.69 bits per heavy atom. The van der Waals surface area contributed by atoms with Gasteiger partial charge in [-0.05, 0) is 54.2 Å². The normalized spacial score (nSPS) is 23.8. The summed E-state index contributed by atoms with van der Waals surface area (Å²) in [7, 11) is 1.19. The number of methoxy groups -OCH3 is 1. The lowest BCUT2D eigenvalue weighted by molar-refractivity contribution is -0.147. The number of aromatic nitrogens is 2. The van der Waals surface area contributed by atoms with Crippen LogP contribution >= 0.6 is 11.3 Å². The van der Waals surface area contributed by atoms with E-state index in [0.717, 1.165) is 24.1 Å². The fraction of sp³-hybridized carbons (Fsp3) is 0.553. The second-order valence-electron chi connectivity index (χ2n) is 15.6. The number of carboxylic acids is 1. The van der Waals surface area contributed by atoms with Gasteiger partial charge in [-0.15, -0.1) is 11.3 Å². The maximum absolute atomic E-state index is 14.7. The molecule has 6 atom stereocenters. The highest BCUT2D eigenvalue weighted by Gasteiger charge is 2.66. The van der Waals surface area contributed by atoms with Crippen LogP contribution in [0.3, 0.4) is 0 Å². The highest BCUT2D eigenvalue weighted by atomic mass is 32.1. The first-order chi connectivity index (χ1) is 26.1. The number of carbonyl (C=O) groups excluding carboxylic acids is 4. The molecule has 1 saturated heterocycles. The second kappa shape index (κ2) is 16.0. The number of carboxylic acid groups (broad SMARTS) is 1. The predicted molar refractivity (Wildman–Crippen MR) is 197 cm³/mol. The number of hydrogen-bond donors (Lipinski definition) is 4. The van der Waals surface area contributed by atoms with Gasteiger partial charge in [0.1, 0.15) is 35.5 Å². The molecule has 1 unspecified atom stereocenters. The molecule has 0 bridgehead atoms. The van der Waals surface area contributed by atoms with Gasteiger partial charge in [0.2, 0.25) is 30.0 Å². The van der Waals surface area contributed by atoms with Gasteiger partial charge in [-0.25, -0.2) is 28.3 Å². The first kappa shape index (κ1) is 39.8. The van der Waals surface area contributed by atoms with Crippen molar-refractivity contribution in [3.05, 3.63) is 41.8 Å². The van der Waals surface area contributed by atoms with Crippen LogP contribution in [-0.4, -0.2) is 99.6 Å². The Kier molecular flexibility index (Phi) is 11.6. The molecule has 1 aromatic carbocycles. The van der Waals surface area contributed by atoms with Crippen LogP contribution in [0, 0.1) is 17.3 Å². The number of para-hydroxylation sites is 2. The van der Waals surface area contributed by atoms with Gasteiger partial charge in [0.05, 0.1) is 35.5 Å². The van der Waals surface area contributed by atoms with Crippen molar-refractivity contribution in [3.63, 3.8) is 0 Å². The van der Waals surface area contributed by atoms with E-state index in [4.69, 9.17) is 19.4 Å². The number of nitrogens with one attached hydrogen (secondary N) is 3. The standard InChI is InChI=1S/C38H46F2N6O8S/c1-37(2,3)29(44-32(48)27(43-36(52)53-4)20-11-6-5-7-12-20)34(49)46-19-21(17-25(46)31(47)45-38(35(50)51)18-22(38)30(39)40)54-33-28(26-15-10-16-55-26)41-23-13-8-9-14-24(23)42-33/h8-10,13-16,20-22,25,27,29-30H,5-7,11-12,17-19H2,1-4H3,(H,43,52)(H,44,48)(H,45,47)(H,50,51)/t21-,22+,25?,27+,29-,38-/m1/s1. The summed E-state index contributed by atoms with van der Waals surface area (Å²) in [5.74, 6) is -5.50. The van der Waals surface area contributed by atoms with Crippen molar-refractivity contribution in [1.29, 1.82) is 0 Å². The van der Waals surface area contributed by atoms with E-state index in [1.165, 1.54) is 23.3 Å². The molecular weight excluding hydrogens is 739 g/mol. The molecule has 55 heavy (non-hydrogen) atoms. The molecule has 3 fully saturated rings. The van der Waals surface area contributed by atoms with Gasteiger partial charge in [0.15, 0.2) is 0 Å². The van der Waals surface area contributed by atoms with Crippen molar-refractivity contribution < 1.29 is 47.3 Å². The van der Waals surface area contributed by atoms with Crippen LogP contribution in [0.1, 0.15) is 65.7 Å². The maximum Gasteiger partial charge on any atom is 0.407 e. The van der Waals surface area contributed by atoms with Crippen LogP contribution in [0.5, 0.6) is 5.88 Å². The van der Waals surface area contributed by atoms with Gasteiger partial charge in [0.25, 0.3) is 0 Å². The summed E-state index contributed by atoms with van der Waals surface area (Å²) in [4.78, 5) is 78.8. The Hall–Kier alpha value is -4.93. The SMILES string of the molecule is COC(=O)N[C@H](C(=O)N[C@H](C(=O)N1C[C@H](Oc2nc3ccccc3nc2-c2cccs2)CC1C(=O)N[C@]1(C(=O)O)C[C@H]1C(F)F)C(C)(C)C)C1CCCCC1. The first-order valence-electron chi connectivity index (χ1n) is 18.4. The number of alkyl halides is 2. The van der Waals surface area contributed by atoms with Crippen LogP contribution in [0.25, 0.3) is 21.6 Å². The Morgan fingerprint density at radius 1 is 1.00 bits per heavy atom.